The van der Waals surface area contributed by atoms with Crippen LogP contribution in [-0.2, 0) is 9.59 Å². The van der Waals surface area contributed by atoms with Gasteiger partial charge in [0, 0.05) is 25.6 Å². The molecule has 3 N–H and O–H groups in total. The number of piperidine rings is 1. The van der Waals surface area contributed by atoms with Crippen LogP contribution in [0.25, 0.3) is 0 Å². The van der Waals surface area contributed by atoms with Crippen LogP contribution in [0.4, 0.5) is 4.79 Å². The zero-order valence-electron chi connectivity index (χ0n) is 12.1. The van der Waals surface area contributed by atoms with Gasteiger partial charge in [0.15, 0.2) is 0 Å². The summed E-state index contributed by atoms with van der Waals surface area (Å²) in [5.41, 5.74) is 0. The molecule has 0 aromatic carbocycles. The van der Waals surface area contributed by atoms with Crippen LogP contribution in [0.1, 0.15) is 44.9 Å². The number of carbonyl (C=O) groups is 3. The second-order valence-corrected chi connectivity index (χ2v) is 5.72. The van der Waals surface area contributed by atoms with Crippen LogP contribution in [0, 0.1) is 0 Å². The van der Waals surface area contributed by atoms with Gasteiger partial charge >= 0.3 is 12.0 Å². The van der Waals surface area contributed by atoms with Gasteiger partial charge in [-0.3, -0.25) is 4.79 Å². The van der Waals surface area contributed by atoms with Crippen molar-refractivity contribution < 1.29 is 19.5 Å². The fourth-order valence-corrected chi connectivity index (χ4v) is 2.50. The zero-order valence-corrected chi connectivity index (χ0v) is 12.1. The van der Waals surface area contributed by atoms with Crippen molar-refractivity contribution in [3.63, 3.8) is 0 Å². The van der Waals surface area contributed by atoms with Crippen LogP contribution in [0.5, 0.6) is 0 Å². The minimum Gasteiger partial charge on any atom is -0.480 e. The van der Waals surface area contributed by atoms with Crippen molar-refractivity contribution in [2.45, 2.75) is 57.0 Å². The van der Waals surface area contributed by atoms with Gasteiger partial charge in [-0.1, -0.05) is 0 Å². The quantitative estimate of drug-likeness (QED) is 0.628. The number of rotatable bonds is 6. The summed E-state index contributed by atoms with van der Waals surface area (Å²) in [5.74, 6) is -0.929. The van der Waals surface area contributed by atoms with Crippen LogP contribution in [0.15, 0.2) is 0 Å². The maximum atomic E-state index is 12.0. The number of nitrogens with one attached hydrogen (secondary N) is 2. The highest BCUT2D eigenvalue weighted by Gasteiger charge is 2.31. The summed E-state index contributed by atoms with van der Waals surface area (Å²) < 4.78 is 0. The van der Waals surface area contributed by atoms with Gasteiger partial charge in [-0.2, -0.15) is 0 Å². The maximum Gasteiger partial charge on any atom is 0.326 e. The molecule has 1 atom stereocenters. The number of hydrogen-bond donors (Lipinski definition) is 3. The van der Waals surface area contributed by atoms with Gasteiger partial charge in [0.1, 0.15) is 6.04 Å². The third-order valence-electron chi connectivity index (χ3n) is 3.85. The van der Waals surface area contributed by atoms with Crippen LogP contribution in [-0.4, -0.2) is 53.1 Å². The Morgan fingerprint density at radius 3 is 2.57 bits per heavy atom. The summed E-state index contributed by atoms with van der Waals surface area (Å²) in [4.78, 5) is 36.0. The Morgan fingerprint density at radius 2 is 1.90 bits per heavy atom. The summed E-state index contributed by atoms with van der Waals surface area (Å²) >= 11 is 0. The minimum absolute atomic E-state index is 0.0214. The van der Waals surface area contributed by atoms with Crippen LogP contribution in [0.2, 0.25) is 0 Å². The van der Waals surface area contributed by atoms with E-state index < -0.39 is 12.0 Å². The molecular formula is C14H23N3O4. The summed E-state index contributed by atoms with van der Waals surface area (Å²) in [5, 5.41) is 14.7. The van der Waals surface area contributed by atoms with Crippen molar-refractivity contribution in [3.05, 3.63) is 0 Å². The summed E-state index contributed by atoms with van der Waals surface area (Å²) in [7, 11) is 0. The molecule has 118 valence electrons. The highest BCUT2D eigenvalue weighted by molar-refractivity contribution is 5.83. The SMILES string of the molecule is O=C(CCCNC(=O)N1CCCCC1C(=O)O)NC1CC1. The molecule has 0 aromatic rings. The number of carboxylic acid groups (broad SMARTS) is 1. The van der Waals surface area contributed by atoms with Gasteiger partial charge < -0.3 is 20.6 Å². The van der Waals surface area contributed by atoms with Crippen molar-refractivity contribution in [3.8, 4) is 0 Å². The third-order valence-corrected chi connectivity index (χ3v) is 3.85. The van der Waals surface area contributed by atoms with Gasteiger partial charge in [-0.25, -0.2) is 9.59 Å². The fraction of sp³-hybridized carbons (Fsp3) is 0.786. The molecule has 1 aliphatic heterocycles. The molecule has 2 aliphatic rings. The van der Waals surface area contributed by atoms with Crippen molar-refractivity contribution in [1.82, 2.24) is 15.5 Å². The molecule has 1 unspecified atom stereocenters. The first-order chi connectivity index (χ1) is 10.1. The molecule has 21 heavy (non-hydrogen) atoms. The number of nitrogens with zero attached hydrogens (tertiary/aromatic N) is 1. The Labute approximate surface area is 124 Å². The molecule has 7 nitrogen and oxygen atoms in total. The Hall–Kier alpha value is -1.79. The molecule has 2 rings (SSSR count). The van der Waals surface area contributed by atoms with Crippen molar-refractivity contribution >= 4 is 17.9 Å². The lowest BCUT2D eigenvalue weighted by Gasteiger charge is -2.32. The normalized spacial score (nSPS) is 21.7. The molecule has 7 heteroatoms. The van der Waals surface area contributed by atoms with E-state index in [9.17, 15) is 14.4 Å². The summed E-state index contributed by atoms with van der Waals surface area (Å²) in [6.45, 7) is 0.866. The molecule has 1 saturated heterocycles. The van der Waals surface area contributed by atoms with Gasteiger partial charge in [-0.15, -0.1) is 0 Å². The molecule has 0 radical (unpaired) electrons. The molecule has 3 amide bonds. The first kappa shape index (κ1) is 15.6. The van der Waals surface area contributed by atoms with E-state index in [0.29, 0.717) is 38.4 Å². The molecule has 0 bridgehead atoms. The van der Waals surface area contributed by atoms with Crippen LogP contribution in [0.3, 0.4) is 0 Å². The number of aliphatic carboxylic acids is 1. The van der Waals surface area contributed by atoms with Gasteiger partial charge in [-0.05, 0) is 38.5 Å². The molecule has 0 spiro atoms. The Bertz CT molecular complexity index is 409. The number of carbonyl (C=O) groups excluding carboxylic acids is 2. The fourth-order valence-electron chi connectivity index (χ4n) is 2.50. The standard InChI is InChI=1S/C14H23N3O4/c18-12(16-10-6-7-10)5-3-8-15-14(21)17-9-2-1-4-11(17)13(19)20/h10-11H,1-9H2,(H,15,21)(H,16,18)(H,19,20). The summed E-state index contributed by atoms with van der Waals surface area (Å²) in [6.07, 6.45) is 5.26. The smallest absolute Gasteiger partial charge is 0.326 e. The van der Waals surface area contributed by atoms with Gasteiger partial charge in [0.25, 0.3) is 0 Å². The number of hydrogen-bond acceptors (Lipinski definition) is 3. The van der Waals surface area contributed by atoms with Crippen molar-refractivity contribution in [2.75, 3.05) is 13.1 Å². The first-order valence-electron chi connectivity index (χ1n) is 7.64. The zero-order chi connectivity index (χ0) is 15.2. The Balaban J connectivity index is 1.65. The van der Waals surface area contributed by atoms with E-state index in [0.717, 1.165) is 25.7 Å². The largest absolute Gasteiger partial charge is 0.480 e. The topological polar surface area (TPSA) is 98.7 Å². The lowest BCUT2D eigenvalue weighted by Crippen LogP contribution is -2.52. The molecular weight excluding hydrogens is 274 g/mol. The number of amides is 3. The van der Waals surface area contributed by atoms with Crippen LogP contribution < -0.4 is 10.6 Å². The number of likely N-dealkylation sites (tertiary alicyclic amines) is 1. The number of urea groups is 1. The van der Waals surface area contributed by atoms with E-state index in [4.69, 9.17) is 5.11 Å². The number of carboxylic acids is 1. The van der Waals surface area contributed by atoms with Crippen molar-refractivity contribution in [2.24, 2.45) is 0 Å². The van der Waals surface area contributed by atoms with E-state index in [1.165, 1.54) is 4.90 Å². The van der Waals surface area contributed by atoms with E-state index in [-0.39, 0.29) is 11.9 Å². The molecule has 1 heterocycles. The second kappa shape index (κ2) is 7.28. The minimum atomic E-state index is -0.950. The average molecular weight is 297 g/mol. The predicted molar refractivity (Wildman–Crippen MR) is 75.8 cm³/mol. The highest BCUT2D eigenvalue weighted by Crippen LogP contribution is 2.19. The average Bonchev–Trinajstić information content (AvgIpc) is 3.27. The van der Waals surface area contributed by atoms with E-state index in [1.807, 2.05) is 0 Å². The lowest BCUT2D eigenvalue weighted by atomic mass is 10.0. The first-order valence-corrected chi connectivity index (χ1v) is 7.64. The Kier molecular flexibility index (Phi) is 5.41. The van der Waals surface area contributed by atoms with E-state index in [2.05, 4.69) is 10.6 Å². The van der Waals surface area contributed by atoms with Crippen LogP contribution >= 0.6 is 0 Å². The molecule has 0 aromatic heterocycles. The predicted octanol–water partition coefficient (Wildman–Crippen LogP) is 0.694. The van der Waals surface area contributed by atoms with Gasteiger partial charge in [0.05, 0.1) is 0 Å². The molecule has 2 fully saturated rings. The monoisotopic (exact) mass is 297 g/mol. The van der Waals surface area contributed by atoms with E-state index >= 15 is 0 Å². The second-order valence-electron chi connectivity index (χ2n) is 5.72. The third kappa shape index (κ3) is 4.91. The highest BCUT2D eigenvalue weighted by atomic mass is 16.4. The summed E-state index contributed by atoms with van der Waals surface area (Å²) in [6, 6.07) is -0.710. The Morgan fingerprint density at radius 1 is 1.14 bits per heavy atom. The van der Waals surface area contributed by atoms with Crippen molar-refractivity contribution in [1.29, 1.82) is 0 Å². The van der Waals surface area contributed by atoms with Gasteiger partial charge in [0.2, 0.25) is 5.91 Å². The van der Waals surface area contributed by atoms with E-state index in [1.54, 1.807) is 0 Å². The molecule has 1 aliphatic carbocycles. The molecule has 1 saturated carbocycles. The maximum absolute atomic E-state index is 12.0. The lowest BCUT2D eigenvalue weighted by molar-refractivity contribution is -0.143.